The maximum absolute atomic E-state index is 13.2. The molecule has 1 N–H and O–H groups in total. The van der Waals surface area contributed by atoms with Crippen LogP contribution in [0.4, 0.5) is 5.69 Å². The fourth-order valence-electron chi connectivity index (χ4n) is 3.83. The predicted molar refractivity (Wildman–Crippen MR) is 129 cm³/mol. The molecule has 0 aliphatic carbocycles. The number of carbonyl (C=O) groups is 2. The fourth-order valence-corrected chi connectivity index (χ4v) is 3.83. The van der Waals surface area contributed by atoms with E-state index in [-0.39, 0.29) is 34.5 Å². The lowest BCUT2D eigenvalue weighted by molar-refractivity contribution is -0.384. The molecule has 0 aliphatic rings. The normalized spacial score (nSPS) is 10.7. The first kappa shape index (κ1) is 25.4. The molecular formula is C26H26N2O7. The Bertz CT molecular complexity index is 1240. The minimum Gasteiger partial charge on any atom is -0.507 e. The maximum Gasteiger partial charge on any atom is 0.342 e. The molecular weight excluding hydrogens is 452 g/mol. The van der Waals surface area contributed by atoms with Gasteiger partial charge in [0.05, 0.1) is 23.2 Å². The number of likely N-dealkylation sites (N-methyl/N-ethyl adjacent to an activating group) is 1. The monoisotopic (exact) mass is 478 g/mol. The molecule has 0 atom stereocenters. The third-order valence-electron chi connectivity index (χ3n) is 5.47. The average molecular weight is 479 g/mol. The van der Waals surface area contributed by atoms with Crippen LogP contribution < -0.4 is 0 Å². The second-order valence-electron chi connectivity index (χ2n) is 7.96. The molecule has 0 fully saturated rings. The SMILES string of the molecule is COC(=O)c1c(O)cc(C)c(C(=O)OCCN(C)Cc2ccccc2)c1-c1ccccc1[N+](=O)[O-]. The topological polar surface area (TPSA) is 119 Å². The van der Waals surface area contributed by atoms with Gasteiger partial charge in [-0.25, -0.2) is 9.59 Å². The second-order valence-corrected chi connectivity index (χ2v) is 7.96. The number of methoxy groups -OCH3 is 1. The number of nitrogens with zero attached hydrogens (tertiary/aromatic N) is 2. The van der Waals surface area contributed by atoms with Gasteiger partial charge >= 0.3 is 11.9 Å². The van der Waals surface area contributed by atoms with Crippen molar-refractivity contribution in [1.29, 1.82) is 0 Å². The van der Waals surface area contributed by atoms with Gasteiger partial charge in [0.25, 0.3) is 5.69 Å². The number of esters is 2. The van der Waals surface area contributed by atoms with E-state index in [2.05, 4.69) is 0 Å². The number of hydrogen-bond donors (Lipinski definition) is 1. The Hall–Kier alpha value is -4.24. The van der Waals surface area contributed by atoms with Crippen molar-refractivity contribution >= 4 is 17.6 Å². The summed E-state index contributed by atoms with van der Waals surface area (Å²) in [6, 6.07) is 16.7. The summed E-state index contributed by atoms with van der Waals surface area (Å²) in [5, 5.41) is 22.2. The highest BCUT2D eigenvalue weighted by Gasteiger charge is 2.31. The van der Waals surface area contributed by atoms with E-state index in [4.69, 9.17) is 9.47 Å². The average Bonchev–Trinajstić information content (AvgIpc) is 2.83. The molecule has 3 aromatic rings. The van der Waals surface area contributed by atoms with E-state index in [1.807, 2.05) is 42.3 Å². The Morgan fingerprint density at radius 1 is 1.03 bits per heavy atom. The number of hydrogen-bond acceptors (Lipinski definition) is 8. The smallest absolute Gasteiger partial charge is 0.342 e. The number of phenols is 1. The van der Waals surface area contributed by atoms with E-state index < -0.39 is 22.6 Å². The molecule has 0 aliphatic heterocycles. The molecule has 0 amide bonds. The van der Waals surface area contributed by atoms with Crippen LogP contribution in [-0.2, 0) is 16.0 Å². The Morgan fingerprint density at radius 3 is 2.34 bits per heavy atom. The summed E-state index contributed by atoms with van der Waals surface area (Å²) in [6.07, 6.45) is 0. The summed E-state index contributed by atoms with van der Waals surface area (Å²) in [5.74, 6) is -2.16. The van der Waals surface area contributed by atoms with E-state index in [0.717, 1.165) is 12.7 Å². The van der Waals surface area contributed by atoms with E-state index in [0.29, 0.717) is 18.7 Å². The van der Waals surface area contributed by atoms with Crippen LogP contribution in [0, 0.1) is 17.0 Å². The summed E-state index contributed by atoms with van der Waals surface area (Å²) >= 11 is 0. The van der Waals surface area contributed by atoms with Crippen LogP contribution >= 0.6 is 0 Å². The molecule has 3 rings (SSSR count). The van der Waals surface area contributed by atoms with Gasteiger partial charge in [-0.05, 0) is 37.2 Å². The van der Waals surface area contributed by atoms with Crippen molar-refractivity contribution in [3.8, 4) is 16.9 Å². The molecule has 0 saturated heterocycles. The first-order chi connectivity index (χ1) is 16.7. The Morgan fingerprint density at radius 2 is 1.69 bits per heavy atom. The molecule has 3 aromatic carbocycles. The fraction of sp³-hybridized carbons (Fsp3) is 0.231. The van der Waals surface area contributed by atoms with E-state index in [1.54, 1.807) is 6.92 Å². The van der Waals surface area contributed by atoms with Crippen molar-refractivity contribution in [2.45, 2.75) is 13.5 Å². The van der Waals surface area contributed by atoms with Crippen LogP contribution in [0.1, 0.15) is 31.8 Å². The number of phenolic OH excluding ortho intramolecular Hbond substituents is 1. The van der Waals surface area contributed by atoms with Crippen LogP contribution in [0.5, 0.6) is 5.75 Å². The van der Waals surface area contributed by atoms with Gasteiger partial charge < -0.3 is 14.6 Å². The second kappa shape index (κ2) is 11.3. The highest BCUT2D eigenvalue weighted by atomic mass is 16.6. The first-order valence-corrected chi connectivity index (χ1v) is 10.8. The van der Waals surface area contributed by atoms with E-state index >= 15 is 0 Å². The quantitative estimate of drug-likeness (QED) is 0.274. The molecule has 35 heavy (non-hydrogen) atoms. The third-order valence-corrected chi connectivity index (χ3v) is 5.47. The Kier molecular flexibility index (Phi) is 8.17. The highest BCUT2D eigenvalue weighted by Crippen LogP contribution is 2.40. The van der Waals surface area contributed by atoms with Gasteiger partial charge in [-0.2, -0.15) is 0 Å². The van der Waals surface area contributed by atoms with Crippen LogP contribution in [-0.4, -0.2) is 54.2 Å². The zero-order chi connectivity index (χ0) is 25.5. The molecule has 0 spiro atoms. The van der Waals surface area contributed by atoms with Gasteiger partial charge in [0.15, 0.2) is 0 Å². The van der Waals surface area contributed by atoms with Crippen molar-refractivity contribution in [1.82, 2.24) is 4.90 Å². The highest BCUT2D eigenvalue weighted by molar-refractivity contribution is 6.09. The first-order valence-electron chi connectivity index (χ1n) is 10.8. The summed E-state index contributed by atoms with van der Waals surface area (Å²) in [7, 11) is 3.01. The zero-order valence-electron chi connectivity index (χ0n) is 19.7. The number of rotatable bonds is 9. The molecule has 182 valence electrons. The summed E-state index contributed by atoms with van der Waals surface area (Å²) < 4.78 is 10.3. The molecule has 9 nitrogen and oxygen atoms in total. The lowest BCUT2D eigenvalue weighted by Crippen LogP contribution is -2.24. The van der Waals surface area contributed by atoms with E-state index in [1.165, 1.54) is 30.3 Å². The van der Waals surface area contributed by atoms with E-state index in [9.17, 15) is 24.8 Å². The van der Waals surface area contributed by atoms with Gasteiger partial charge in [-0.15, -0.1) is 0 Å². The van der Waals surface area contributed by atoms with Crippen molar-refractivity contribution in [2.75, 3.05) is 27.3 Å². The Labute approximate surface area is 202 Å². The lowest BCUT2D eigenvalue weighted by Gasteiger charge is -2.19. The summed E-state index contributed by atoms with van der Waals surface area (Å²) in [6.45, 7) is 2.69. The molecule has 0 saturated carbocycles. The molecule has 9 heteroatoms. The van der Waals surface area contributed by atoms with Crippen molar-refractivity contribution in [3.63, 3.8) is 0 Å². The minimum absolute atomic E-state index is 0.00922. The third kappa shape index (κ3) is 5.82. The van der Waals surface area contributed by atoms with Crippen molar-refractivity contribution < 1.29 is 29.1 Å². The van der Waals surface area contributed by atoms with Crippen molar-refractivity contribution in [2.24, 2.45) is 0 Å². The molecule has 0 radical (unpaired) electrons. The Balaban J connectivity index is 1.96. The number of para-hydroxylation sites is 1. The minimum atomic E-state index is -0.938. The molecule has 0 unspecified atom stereocenters. The summed E-state index contributed by atoms with van der Waals surface area (Å²) in [4.78, 5) is 38.8. The van der Waals surface area contributed by atoms with Gasteiger partial charge in [0.1, 0.15) is 17.9 Å². The van der Waals surface area contributed by atoms with Gasteiger partial charge in [-0.3, -0.25) is 15.0 Å². The van der Waals surface area contributed by atoms with Crippen LogP contribution in [0.25, 0.3) is 11.1 Å². The molecule has 0 bridgehead atoms. The number of nitro benzene ring substituents is 1. The number of ether oxygens (including phenoxy) is 2. The number of aryl methyl sites for hydroxylation is 1. The number of nitro groups is 1. The number of benzene rings is 3. The molecule has 0 heterocycles. The maximum atomic E-state index is 13.2. The van der Waals surface area contributed by atoms with Gasteiger partial charge in [0, 0.05) is 24.7 Å². The summed E-state index contributed by atoms with van der Waals surface area (Å²) in [5.41, 5.74) is 0.556. The van der Waals surface area contributed by atoms with Crippen LogP contribution in [0.15, 0.2) is 60.7 Å². The van der Waals surface area contributed by atoms with Crippen LogP contribution in [0.3, 0.4) is 0 Å². The van der Waals surface area contributed by atoms with Gasteiger partial charge in [0.2, 0.25) is 0 Å². The predicted octanol–water partition coefficient (Wildman–Crippen LogP) is 4.35. The lowest BCUT2D eigenvalue weighted by atomic mass is 9.89. The van der Waals surface area contributed by atoms with Crippen molar-refractivity contribution in [3.05, 3.63) is 93.0 Å². The largest absolute Gasteiger partial charge is 0.507 e. The standard InChI is InChI=1S/C26H26N2O7/c1-17-15-21(29)24(25(30)34-3)23(19-11-7-8-12-20(19)28(32)33)22(17)26(31)35-14-13-27(2)16-18-9-5-4-6-10-18/h4-12,15,29H,13-14,16H2,1-3H3. The zero-order valence-corrected chi connectivity index (χ0v) is 19.7. The number of aromatic hydroxyl groups is 1. The number of carbonyl (C=O) groups excluding carboxylic acids is 2. The van der Waals surface area contributed by atoms with Crippen LogP contribution in [0.2, 0.25) is 0 Å². The molecule has 0 aromatic heterocycles. The van der Waals surface area contributed by atoms with Gasteiger partial charge in [-0.1, -0.05) is 42.5 Å².